The summed E-state index contributed by atoms with van der Waals surface area (Å²) in [5, 5.41) is 0. The first-order valence-corrected chi connectivity index (χ1v) is 9.55. The van der Waals surface area contributed by atoms with Gasteiger partial charge in [-0.05, 0) is 54.6 Å². The van der Waals surface area contributed by atoms with E-state index in [0.717, 1.165) is 50.5 Å². The zero-order chi connectivity index (χ0) is 17.5. The van der Waals surface area contributed by atoms with E-state index in [2.05, 4.69) is 47.4 Å². The minimum atomic E-state index is 0.758. The summed E-state index contributed by atoms with van der Waals surface area (Å²) in [5.74, 6) is 1.65. The summed E-state index contributed by atoms with van der Waals surface area (Å²) in [6, 6.07) is 16.9. The van der Waals surface area contributed by atoms with Crippen LogP contribution in [0.15, 0.2) is 54.1 Å². The molecule has 1 aliphatic heterocycles. The van der Waals surface area contributed by atoms with Crippen molar-refractivity contribution in [1.29, 1.82) is 0 Å². The fraction of sp³-hybridized carbons (Fsp3) is 0.364. The zero-order valence-electron chi connectivity index (χ0n) is 14.9. The summed E-state index contributed by atoms with van der Waals surface area (Å²) in [6.45, 7) is 3.42. The third-order valence-electron chi connectivity index (χ3n) is 4.83. The molecule has 2 nitrogen and oxygen atoms in total. The van der Waals surface area contributed by atoms with Crippen molar-refractivity contribution in [2.24, 2.45) is 0 Å². The topological polar surface area (TPSA) is 12.5 Å². The summed E-state index contributed by atoms with van der Waals surface area (Å²) in [5.41, 5.74) is 5.36. The van der Waals surface area contributed by atoms with Crippen LogP contribution in [0, 0.1) is 0 Å². The van der Waals surface area contributed by atoms with E-state index in [0.29, 0.717) is 0 Å². The number of alkyl halides is 1. The molecule has 0 saturated carbocycles. The van der Waals surface area contributed by atoms with E-state index in [1.54, 1.807) is 12.7 Å². The predicted molar refractivity (Wildman–Crippen MR) is 107 cm³/mol. The van der Waals surface area contributed by atoms with Crippen molar-refractivity contribution in [2.75, 3.05) is 32.6 Å². The Hall–Kier alpha value is -1.77. The van der Waals surface area contributed by atoms with E-state index in [1.165, 1.54) is 16.7 Å². The highest BCUT2D eigenvalue weighted by atomic mass is 35.5. The second-order valence-electron chi connectivity index (χ2n) is 6.50. The number of hydrogen-bond donors (Lipinski definition) is 0. The third-order valence-corrected chi connectivity index (χ3v) is 5.09. The lowest BCUT2D eigenvalue weighted by molar-refractivity contribution is 0.258. The molecule has 0 amide bonds. The maximum absolute atomic E-state index is 5.81. The number of hydrogen-bond acceptors (Lipinski definition) is 2. The van der Waals surface area contributed by atoms with Gasteiger partial charge in [0.2, 0.25) is 0 Å². The van der Waals surface area contributed by atoms with Gasteiger partial charge in [0.05, 0.1) is 7.11 Å². The number of methoxy groups -OCH3 is 1. The summed E-state index contributed by atoms with van der Waals surface area (Å²) >= 11 is 5.81. The Balaban J connectivity index is 1.75. The van der Waals surface area contributed by atoms with Crippen LogP contribution in [-0.2, 0) is 0 Å². The SMILES string of the molecule is COc1ccc(-c2ccccc2C=C2CCN(CCCCl)CC2)cc1. The third kappa shape index (κ3) is 4.87. The summed E-state index contributed by atoms with van der Waals surface area (Å²) in [6.07, 6.45) is 5.78. The van der Waals surface area contributed by atoms with E-state index in [-0.39, 0.29) is 0 Å². The highest BCUT2D eigenvalue weighted by molar-refractivity contribution is 6.17. The first-order chi connectivity index (χ1) is 12.3. The van der Waals surface area contributed by atoms with Crippen LogP contribution in [0.3, 0.4) is 0 Å². The van der Waals surface area contributed by atoms with Gasteiger partial charge in [-0.25, -0.2) is 0 Å². The molecule has 2 aromatic rings. The molecule has 1 heterocycles. The zero-order valence-corrected chi connectivity index (χ0v) is 15.6. The van der Waals surface area contributed by atoms with Gasteiger partial charge in [-0.2, -0.15) is 0 Å². The Bertz CT molecular complexity index is 698. The molecule has 0 atom stereocenters. The largest absolute Gasteiger partial charge is 0.497 e. The Morgan fingerprint density at radius 2 is 1.76 bits per heavy atom. The Labute approximate surface area is 156 Å². The fourth-order valence-corrected chi connectivity index (χ4v) is 3.49. The first-order valence-electron chi connectivity index (χ1n) is 9.01. The lowest BCUT2D eigenvalue weighted by atomic mass is 9.95. The van der Waals surface area contributed by atoms with Crippen molar-refractivity contribution in [3.8, 4) is 16.9 Å². The van der Waals surface area contributed by atoms with Gasteiger partial charge in [-0.15, -0.1) is 11.6 Å². The second kappa shape index (κ2) is 9.07. The van der Waals surface area contributed by atoms with Crippen molar-refractivity contribution < 1.29 is 4.74 Å². The van der Waals surface area contributed by atoms with Gasteiger partial charge >= 0.3 is 0 Å². The highest BCUT2D eigenvalue weighted by Gasteiger charge is 2.14. The normalized spacial score (nSPS) is 15.2. The van der Waals surface area contributed by atoms with Gasteiger partial charge in [0.15, 0.2) is 0 Å². The monoisotopic (exact) mass is 355 g/mol. The van der Waals surface area contributed by atoms with Crippen molar-refractivity contribution in [1.82, 2.24) is 4.90 Å². The average Bonchev–Trinajstić information content (AvgIpc) is 2.68. The van der Waals surface area contributed by atoms with E-state index in [9.17, 15) is 0 Å². The van der Waals surface area contributed by atoms with Crippen LogP contribution in [0.25, 0.3) is 17.2 Å². The Kier molecular flexibility index (Phi) is 6.55. The van der Waals surface area contributed by atoms with Crippen molar-refractivity contribution in [3.05, 3.63) is 59.7 Å². The minimum absolute atomic E-state index is 0.758. The summed E-state index contributed by atoms with van der Waals surface area (Å²) in [7, 11) is 1.70. The molecule has 3 rings (SSSR count). The number of rotatable bonds is 6. The average molecular weight is 356 g/mol. The second-order valence-corrected chi connectivity index (χ2v) is 6.88. The molecule has 25 heavy (non-hydrogen) atoms. The molecular weight excluding hydrogens is 330 g/mol. The maximum atomic E-state index is 5.81. The van der Waals surface area contributed by atoms with Gasteiger partial charge in [-0.3, -0.25) is 0 Å². The molecule has 0 bridgehead atoms. The molecule has 0 N–H and O–H groups in total. The van der Waals surface area contributed by atoms with Crippen molar-refractivity contribution in [2.45, 2.75) is 19.3 Å². The number of nitrogens with zero attached hydrogens (tertiary/aromatic N) is 1. The number of halogens is 1. The first kappa shape index (κ1) is 18.0. The molecule has 0 unspecified atom stereocenters. The lowest BCUT2D eigenvalue weighted by Gasteiger charge is -2.28. The Morgan fingerprint density at radius 1 is 1.04 bits per heavy atom. The van der Waals surface area contributed by atoms with Gasteiger partial charge < -0.3 is 9.64 Å². The number of benzene rings is 2. The molecular formula is C22H26ClNO. The number of likely N-dealkylation sites (tertiary alicyclic amines) is 1. The van der Waals surface area contributed by atoms with Crippen molar-refractivity contribution >= 4 is 17.7 Å². The maximum Gasteiger partial charge on any atom is 0.118 e. The molecule has 3 heteroatoms. The quantitative estimate of drug-likeness (QED) is 0.637. The van der Waals surface area contributed by atoms with Crippen LogP contribution >= 0.6 is 11.6 Å². The van der Waals surface area contributed by atoms with E-state index in [4.69, 9.17) is 16.3 Å². The van der Waals surface area contributed by atoms with E-state index in [1.807, 2.05) is 12.1 Å². The molecule has 1 saturated heterocycles. The molecule has 0 radical (unpaired) electrons. The molecule has 0 spiro atoms. The van der Waals surface area contributed by atoms with Gasteiger partial charge in [0.25, 0.3) is 0 Å². The van der Waals surface area contributed by atoms with Crippen LogP contribution in [0.2, 0.25) is 0 Å². The smallest absolute Gasteiger partial charge is 0.118 e. The molecule has 0 aliphatic carbocycles. The summed E-state index contributed by atoms with van der Waals surface area (Å²) in [4.78, 5) is 2.52. The number of ether oxygens (including phenoxy) is 1. The molecule has 0 aromatic heterocycles. The lowest BCUT2D eigenvalue weighted by Crippen LogP contribution is -2.31. The van der Waals surface area contributed by atoms with Gasteiger partial charge in [0, 0.05) is 19.0 Å². The minimum Gasteiger partial charge on any atom is -0.497 e. The standard InChI is InChI=1S/C22H26ClNO/c1-25-21-9-7-19(8-10-21)22-6-3-2-5-20(22)17-18-11-15-24(16-12-18)14-4-13-23/h2-3,5-10,17H,4,11-16H2,1H3. The predicted octanol–water partition coefficient (Wildman–Crippen LogP) is 5.47. The van der Waals surface area contributed by atoms with E-state index < -0.39 is 0 Å². The molecule has 1 fully saturated rings. The van der Waals surface area contributed by atoms with Crippen LogP contribution in [0.5, 0.6) is 5.75 Å². The molecule has 132 valence electrons. The molecule has 2 aromatic carbocycles. The highest BCUT2D eigenvalue weighted by Crippen LogP contribution is 2.29. The van der Waals surface area contributed by atoms with E-state index >= 15 is 0 Å². The van der Waals surface area contributed by atoms with Crippen LogP contribution in [-0.4, -0.2) is 37.5 Å². The van der Waals surface area contributed by atoms with Crippen LogP contribution < -0.4 is 4.74 Å². The van der Waals surface area contributed by atoms with Crippen molar-refractivity contribution in [3.63, 3.8) is 0 Å². The Morgan fingerprint density at radius 3 is 2.44 bits per heavy atom. The van der Waals surface area contributed by atoms with Gasteiger partial charge in [-0.1, -0.05) is 48.0 Å². The molecule has 1 aliphatic rings. The van der Waals surface area contributed by atoms with Crippen LogP contribution in [0.1, 0.15) is 24.8 Å². The summed E-state index contributed by atoms with van der Waals surface area (Å²) < 4.78 is 5.27. The van der Waals surface area contributed by atoms with Crippen LogP contribution in [0.4, 0.5) is 0 Å². The fourth-order valence-electron chi connectivity index (χ4n) is 3.37. The van der Waals surface area contributed by atoms with Gasteiger partial charge in [0.1, 0.15) is 5.75 Å². The number of piperidine rings is 1.